The Morgan fingerprint density at radius 3 is 2.59 bits per heavy atom. The maximum atomic E-state index is 13.2. The van der Waals surface area contributed by atoms with Crippen LogP contribution in [0.2, 0.25) is 0 Å². The van der Waals surface area contributed by atoms with Crippen LogP contribution >= 0.6 is 23.1 Å². The smallest absolute Gasteiger partial charge is 0.308 e. The number of carbonyl (C=O) groups is 1. The van der Waals surface area contributed by atoms with Crippen LogP contribution in [0.25, 0.3) is 0 Å². The summed E-state index contributed by atoms with van der Waals surface area (Å²) in [6.07, 6.45) is 3.85. The van der Waals surface area contributed by atoms with Crippen LogP contribution < -0.4 is 10.2 Å². The second-order valence-electron chi connectivity index (χ2n) is 9.06. The van der Waals surface area contributed by atoms with Gasteiger partial charge < -0.3 is 5.32 Å². The predicted octanol–water partition coefficient (Wildman–Crippen LogP) is 5.34. The van der Waals surface area contributed by atoms with E-state index in [1.165, 1.54) is 60.4 Å². The first-order valence-corrected chi connectivity index (χ1v) is 12.8. The number of amides is 1. The first kappa shape index (κ1) is 20.2. The van der Waals surface area contributed by atoms with Gasteiger partial charge in [0, 0.05) is 21.7 Å². The van der Waals surface area contributed by atoms with E-state index in [0.717, 1.165) is 15.8 Å². The summed E-state index contributed by atoms with van der Waals surface area (Å²) in [6.45, 7) is -0.0258. The van der Waals surface area contributed by atoms with E-state index in [0.29, 0.717) is 22.8 Å². The van der Waals surface area contributed by atoms with Gasteiger partial charge in [-0.1, -0.05) is 41.7 Å². The lowest BCUT2D eigenvalue weighted by Gasteiger charge is -2.40. The summed E-state index contributed by atoms with van der Waals surface area (Å²) in [5, 5.41) is 4.26. The minimum atomic E-state index is -0.352. The predicted molar refractivity (Wildman–Crippen MR) is 126 cm³/mol. The molecule has 2 saturated carbocycles. The highest BCUT2D eigenvalue weighted by Crippen LogP contribution is 2.63. The van der Waals surface area contributed by atoms with Gasteiger partial charge in [0.2, 0.25) is 5.91 Å². The SMILES string of the molecule is O=C(Cn1c2c(sc1=O)C(c1ccccc1)C1C3CCC(C3)C1S2)Nc1ccc(F)cc1. The summed E-state index contributed by atoms with van der Waals surface area (Å²) < 4.78 is 14.8. The van der Waals surface area contributed by atoms with E-state index in [4.69, 9.17) is 0 Å². The van der Waals surface area contributed by atoms with E-state index in [-0.39, 0.29) is 29.1 Å². The molecule has 2 heterocycles. The molecule has 6 rings (SSSR count). The number of hydrogen-bond donors (Lipinski definition) is 1. The summed E-state index contributed by atoms with van der Waals surface area (Å²) >= 11 is 3.13. The molecule has 5 atom stereocenters. The first-order chi connectivity index (χ1) is 15.6. The fourth-order valence-electron chi connectivity index (χ4n) is 6.00. The molecular formula is C25H23FN2O2S2. The first-order valence-electron chi connectivity index (χ1n) is 11.1. The number of carbonyl (C=O) groups excluding carboxylic acids is 1. The van der Waals surface area contributed by atoms with Crippen molar-refractivity contribution in [1.82, 2.24) is 4.57 Å². The number of nitrogens with zero attached hydrogens (tertiary/aromatic N) is 1. The Bertz CT molecular complexity index is 1220. The Kier molecular flexibility index (Phi) is 4.99. The van der Waals surface area contributed by atoms with E-state index in [9.17, 15) is 14.0 Å². The number of benzene rings is 2. The van der Waals surface area contributed by atoms with Crippen molar-refractivity contribution >= 4 is 34.7 Å². The van der Waals surface area contributed by atoms with Crippen LogP contribution in [0.1, 0.15) is 35.6 Å². The van der Waals surface area contributed by atoms with Crippen LogP contribution in [0.15, 0.2) is 64.4 Å². The lowest BCUT2D eigenvalue weighted by atomic mass is 9.75. The van der Waals surface area contributed by atoms with Gasteiger partial charge in [0.05, 0.1) is 5.03 Å². The third-order valence-corrected chi connectivity index (χ3v) is 10.1. The van der Waals surface area contributed by atoms with Gasteiger partial charge in [0.1, 0.15) is 12.4 Å². The van der Waals surface area contributed by atoms with Gasteiger partial charge in [-0.3, -0.25) is 14.2 Å². The summed E-state index contributed by atoms with van der Waals surface area (Å²) in [6, 6.07) is 16.2. The molecule has 3 aliphatic rings. The largest absolute Gasteiger partial charge is 0.325 e. The van der Waals surface area contributed by atoms with Gasteiger partial charge in [-0.05, 0) is 66.8 Å². The molecule has 1 aromatic heterocycles. The summed E-state index contributed by atoms with van der Waals surface area (Å²) in [4.78, 5) is 26.8. The number of fused-ring (bicyclic) bond motifs is 6. The van der Waals surface area contributed by atoms with Crippen LogP contribution in [0.4, 0.5) is 10.1 Å². The molecule has 164 valence electrons. The van der Waals surface area contributed by atoms with Gasteiger partial charge in [-0.15, -0.1) is 11.8 Å². The second-order valence-corrected chi connectivity index (χ2v) is 11.2. The van der Waals surface area contributed by atoms with Crippen LogP contribution in [0, 0.1) is 23.6 Å². The van der Waals surface area contributed by atoms with Gasteiger partial charge in [0.25, 0.3) is 0 Å². The molecule has 2 bridgehead atoms. The molecule has 32 heavy (non-hydrogen) atoms. The van der Waals surface area contributed by atoms with Crippen molar-refractivity contribution in [3.8, 4) is 0 Å². The van der Waals surface area contributed by atoms with Gasteiger partial charge in [0.15, 0.2) is 0 Å². The quantitative estimate of drug-likeness (QED) is 0.565. The van der Waals surface area contributed by atoms with Crippen molar-refractivity contribution in [2.45, 2.75) is 42.0 Å². The lowest BCUT2D eigenvalue weighted by molar-refractivity contribution is -0.116. The Morgan fingerprint density at radius 1 is 1.06 bits per heavy atom. The minimum absolute atomic E-state index is 0.0258. The number of rotatable bonds is 4. The molecular weight excluding hydrogens is 443 g/mol. The van der Waals surface area contributed by atoms with Crippen LogP contribution in [-0.4, -0.2) is 15.7 Å². The zero-order chi connectivity index (χ0) is 21.8. The molecule has 0 radical (unpaired) electrons. The number of thiazole rings is 1. The fraction of sp³-hybridized carbons (Fsp3) is 0.360. The van der Waals surface area contributed by atoms with Crippen LogP contribution in [0.5, 0.6) is 0 Å². The molecule has 2 fully saturated rings. The molecule has 1 amide bonds. The van der Waals surface area contributed by atoms with Crippen molar-refractivity contribution in [2.75, 3.05) is 5.32 Å². The van der Waals surface area contributed by atoms with Gasteiger partial charge in [-0.25, -0.2) is 4.39 Å². The Hall–Kier alpha value is -2.38. The second kappa shape index (κ2) is 7.89. The summed E-state index contributed by atoms with van der Waals surface area (Å²) in [5.41, 5.74) is 1.80. The number of halogens is 1. The highest BCUT2D eigenvalue weighted by Gasteiger charge is 2.55. The standard InChI is InChI=1S/C25H23FN2O2S2/c26-17-8-10-18(11-9-17)27-19(29)13-28-24-23(32-25(28)30)20(14-4-2-1-3-5-14)21-15-6-7-16(12-15)22(21)31-24/h1-5,8-11,15-16,20-22H,6-7,12-13H2,(H,27,29). The summed E-state index contributed by atoms with van der Waals surface area (Å²) in [5.74, 6) is 1.59. The molecule has 0 spiro atoms. The maximum Gasteiger partial charge on any atom is 0.308 e. The molecule has 1 N–H and O–H groups in total. The monoisotopic (exact) mass is 466 g/mol. The number of aromatic nitrogens is 1. The van der Waals surface area contributed by atoms with E-state index in [1.807, 2.05) is 17.8 Å². The van der Waals surface area contributed by atoms with E-state index >= 15 is 0 Å². The number of nitrogens with one attached hydrogen (secondary N) is 1. The molecule has 5 unspecified atom stereocenters. The Morgan fingerprint density at radius 2 is 1.81 bits per heavy atom. The highest BCUT2D eigenvalue weighted by molar-refractivity contribution is 8.00. The van der Waals surface area contributed by atoms with Crippen molar-refractivity contribution in [1.29, 1.82) is 0 Å². The highest BCUT2D eigenvalue weighted by atomic mass is 32.2. The molecule has 2 aromatic carbocycles. The molecule has 3 aromatic rings. The average molecular weight is 467 g/mol. The normalized spacial score (nSPS) is 27.7. The number of anilines is 1. The zero-order valence-corrected chi connectivity index (χ0v) is 19.0. The van der Waals surface area contributed by atoms with E-state index < -0.39 is 0 Å². The molecule has 7 heteroatoms. The van der Waals surface area contributed by atoms with Crippen molar-refractivity contribution in [3.63, 3.8) is 0 Å². The third kappa shape index (κ3) is 3.33. The molecule has 2 aliphatic carbocycles. The van der Waals surface area contributed by atoms with Crippen molar-refractivity contribution in [2.24, 2.45) is 17.8 Å². The Balaban J connectivity index is 1.35. The average Bonchev–Trinajstić information content (AvgIpc) is 3.49. The minimum Gasteiger partial charge on any atom is -0.325 e. The third-order valence-electron chi connectivity index (χ3n) is 7.28. The summed E-state index contributed by atoms with van der Waals surface area (Å²) in [7, 11) is 0. The molecule has 1 aliphatic heterocycles. The van der Waals surface area contributed by atoms with Gasteiger partial charge >= 0.3 is 4.87 Å². The van der Waals surface area contributed by atoms with Crippen LogP contribution in [0.3, 0.4) is 0 Å². The van der Waals surface area contributed by atoms with E-state index in [1.54, 1.807) is 4.57 Å². The van der Waals surface area contributed by atoms with Gasteiger partial charge in [-0.2, -0.15) is 0 Å². The zero-order valence-electron chi connectivity index (χ0n) is 17.4. The molecule has 4 nitrogen and oxygen atoms in total. The van der Waals surface area contributed by atoms with Crippen molar-refractivity contribution in [3.05, 3.63) is 80.5 Å². The topological polar surface area (TPSA) is 51.1 Å². The maximum absolute atomic E-state index is 13.2. The lowest BCUT2D eigenvalue weighted by Crippen LogP contribution is -2.34. The van der Waals surface area contributed by atoms with E-state index in [2.05, 4.69) is 29.6 Å². The fourth-order valence-corrected chi connectivity index (χ4v) is 9.15. The van der Waals surface area contributed by atoms with Crippen molar-refractivity contribution < 1.29 is 9.18 Å². The number of thioether (sulfide) groups is 1. The molecule has 0 saturated heterocycles. The Labute approximate surface area is 193 Å². The van der Waals surface area contributed by atoms with Crippen LogP contribution in [-0.2, 0) is 11.3 Å². The number of hydrogen-bond acceptors (Lipinski definition) is 4.